The fourth-order valence-corrected chi connectivity index (χ4v) is 2.56. The first-order valence-corrected chi connectivity index (χ1v) is 8.25. The van der Waals surface area contributed by atoms with Gasteiger partial charge in [-0.25, -0.2) is 0 Å². The standard InChI is InChI=1S/C19H27NO2/c1-3-21-19(22-4-2)10-7-13-20-15-16-11-12-17-8-5-6-9-18(17)14-16/h5-6,8-9,11-12,14,19-20H,3-4,7,10,13,15H2,1-2H3. The largest absolute Gasteiger partial charge is 0.353 e. The summed E-state index contributed by atoms with van der Waals surface area (Å²) in [6, 6.07) is 15.1. The van der Waals surface area contributed by atoms with Crippen molar-refractivity contribution in [1.82, 2.24) is 5.32 Å². The van der Waals surface area contributed by atoms with Gasteiger partial charge in [0, 0.05) is 19.8 Å². The molecule has 0 bridgehead atoms. The maximum absolute atomic E-state index is 5.55. The average Bonchev–Trinajstić information content (AvgIpc) is 2.55. The van der Waals surface area contributed by atoms with Crippen LogP contribution in [0.4, 0.5) is 0 Å². The monoisotopic (exact) mass is 301 g/mol. The lowest BCUT2D eigenvalue weighted by Crippen LogP contribution is -2.21. The van der Waals surface area contributed by atoms with Crippen LogP contribution in [0.1, 0.15) is 32.3 Å². The fourth-order valence-electron chi connectivity index (χ4n) is 2.56. The maximum atomic E-state index is 5.55. The third-order valence-electron chi connectivity index (χ3n) is 3.64. The summed E-state index contributed by atoms with van der Waals surface area (Å²) in [5, 5.41) is 6.09. The van der Waals surface area contributed by atoms with Crippen LogP contribution in [-0.2, 0) is 16.0 Å². The summed E-state index contributed by atoms with van der Waals surface area (Å²) in [5.74, 6) is 0. The smallest absolute Gasteiger partial charge is 0.157 e. The first-order chi connectivity index (χ1) is 10.8. The van der Waals surface area contributed by atoms with Crippen molar-refractivity contribution >= 4 is 10.8 Å². The van der Waals surface area contributed by atoms with E-state index in [9.17, 15) is 0 Å². The molecule has 0 fully saturated rings. The zero-order valence-electron chi connectivity index (χ0n) is 13.7. The van der Waals surface area contributed by atoms with Crippen LogP contribution < -0.4 is 5.32 Å². The second-order valence-electron chi connectivity index (χ2n) is 5.34. The van der Waals surface area contributed by atoms with Crippen LogP contribution in [0.25, 0.3) is 10.8 Å². The Balaban J connectivity index is 1.71. The summed E-state index contributed by atoms with van der Waals surface area (Å²) in [4.78, 5) is 0. The maximum Gasteiger partial charge on any atom is 0.157 e. The summed E-state index contributed by atoms with van der Waals surface area (Å²) in [6.45, 7) is 7.29. The number of fused-ring (bicyclic) bond motifs is 1. The van der Waals surface area contributed by atoms with Gasteiger partial charge >= 0.3 is 0 Å². The summed E-state index contributed by atoms with van der Waals surface area (Å²) in [5.41, 5.74) is 1.32. The highest BCUT2D eigenvalue weighted by atomic mass is 16.7. The summed E-state index contributed by atoms with van der Waals surface area (Å²) in [7, 11) is 0. The van der Waals surface area contributed by atoms with Crippen molar-refractivity contribution in [2.75, 3.05) is 19.8 Å². The summed E-state index contributed by atoms with van der Waals surface area (Å²) in [6.07, 6.45) is 1.93. The predicted octanol–water partition coefficient (Wildman–Crippen LogP) is 4.11. The van der Waals surface area contributed by atoms with Gasteiger partial charge < -0.3 is 14.8 Å². The van der Waals surface area contributed by atoms with Gasteiger partial charge in [-0.05, 0) is 55.6 Å². The molecule has 0 heterocycles. The Hall–Kier alpha value is -1.42. The molecule has 0 radical (unpaired) electrons. The molecular weight excluding hydrogens is 274 g/mol. The molecule has 2 rings (SSSR count). The quantitative estimate of drug-likeness (QED) is 0.529. The summed E-state index contributed by atoms with van der Waals surface area (Å²) >= 11 is 0. The molecule has 3 nitrogen and oxygen atoms in total. The van der Waals surface area contributed by atoms with E-state index in [-0.39, 0.29) is 6.29 Å². The molecular formula is C19H27NO2. The van der Waals surface area contributed by atoms with Crippen LogP contribution in [0.15, 0.2) is 42.5 Å². The number of nitrogens with one attached hydrogen (secondary N) is 1. The third kappa shape index (κ3) is 5.41. The lowest BCUT2D eigenvalue weighted by molar-refractivity contribution is -0.139. The molecule has 2 aromatic rings. The van der Waals surface area contributed by atoms with Crippen molar-refractivity contribution in [3.8, 4) is 0 Å². The van der Waals surface area contributed by atoms with Gasteiger partial charge in [0.25, 0.3) is 0 Å². The molecule has 0 saturated heterocycles. The average molecular weight is 301 g/mol. The van der Waals surface area contributed by atoms with E-state index in [0.29, 0.717) is 13.2 Å². The lowest BCUT2D eigenvalue weighted by atomic mass is 10.1. The Morgan fingerprint density at radius 2 is 1.68 bits per heavy atom. The minimum absolute atomic E-state index is 0.0579. The van der Waals surface area contributed by atoms with E-state index in [2.05, 4.69) is 47.8 Å². The highest BCUT2D eigenvalue weighted by Gasteiger charge is 2.06. The second-order valence-corrected chi connectivity index (χ2v) is 5.34. The summed E-state index contributed by atoms with van der Waals surface area (Å²) < 4.78 is 11.1. The van der Waals surface area contributed by atoms with Crippen LogP contribution in [0.2, 0.25) is 0 Å². The van der Waals surface area contributed by atoms with Gasteiger partial charge in [-0.3, -0.25) is 0 Å². The minimum Gasteiger partial charge on any atom is -0.353 e. The van der Waals surface area contributed by atoms with E-state index in [1.54, 1.807) is 0 Å². The van der Waals surface area contributed by atoms with Crippen LogP contribution >= 0.6 is 0 Å². The van der Waals surface area contributed by atoms with Gasteiger partial charge in [0.15, 0.2) is 6.29 Å². The number of hydrogen-bond donors (Lipinski definition) is 1. The highest BCUT2D eigenvalue weighted by molar-refractivity contribution is 5.82. The van der Waals surface area contributed by atoms with Crippen molar-refractivity contribution in [1.29, 1.82) is 0 Å². The first-order valence-electron chi connectivity index (χ1n) is 8.25. The Bertz CT molecular complexity index is 550. The van der Waals surface area contributed by atoms with E-state index in [0.717, 1.165) is 25.9 Å². The Morgan fingerprint density at radius 1 is 0.955 bits per heavy atom. The molecule has 22 heavy (non-hydrogen) atoms. The van der Waals surface area contributed by atoms with Gasteiger partial charge in [-0.2, -0.15) is 0 Å². The molecule has 2 aromatic carbocycles. The number of ether oxygens (including phenoxy) is 2. The Labute approximate surface area is 133 Å². The lowest BCUT2D eigenvalue weighted by Gasteiger charge is -2.16. The molecule has 0 saturated carbocycles. The molecule has 1 N–H and O–H groups in total. The van der Waals surface area contributed by atoms with Gasteiger partial charge in [0.1, 0.15) is 0 Å². The zero-order valence-corrected chi connectivity index (χ0v) is 13.7. The van der Waals surface area contributed by atoms with Crippen LogP contribution in [0.3, 0.4) is 0 Å². The van der Waals surface area contributed by atoms with E-state index in [1.165, 1.54) is 16.3 Å². The van der Waals surface area contributed by atoms with Gasteiger partial charge in [0.05, 0.1) is 0 Å². The molecule has 0 amide bonds. The van der Waals surface area contributed by atoms with E-state index < -0.39 is 0 Å². The van der Waals surface area contributed by atoms with Crippen molar-refractivity contribution in [3.63, 3.8) is 0 Å². The predicted molar refractivity (Wildman–Crippen MR) is 91.9 cm³/mol. The molecule has 3 heteroatoms. The van der Waals surface area contributed by atoms with Gasteiger partial charge in [-0.1, -0.05) is 36.4 Å². The minimum atomic E-state index is -0.0579. The van der Waals surface area contributed by atoms with E-state index in [4.69, 9.17) is 9.47 Å². The molecule has 0 atom stereocenters. The van der Waals surface area contributed by atoms with Gasteiger partial charge in [0.2, 0.25) is 0 Å². The van der Waals surface area contributed by atoms with Crippen molar-refractivity contribution in [2.45, 2.75) is 39.5 Å². The van der Waals surface area contributed by atoms with Crippen molar-refractivity contribution in [3.05, 3.63) is 48.0 Å². The highest BCUT2D eigenvalue weighted by Crippen LogP contribution is 2.15. The molecule has 0 aliphatic heterocycles. The van der Waals surface area contributed by atoms with Crippen LogP contribution in [0.5, 0.6) is 0 Å². The van der Waals surface area contributed by atoms with Crippen molar-refractivity contribution < 1.29 is 9.47 Å². The van der Waals surface area contributed by atoms with E-state index >= 15 is 0 Å². The third-order valence-corrected chi connectivity index (χ3v) is 3.64. The molecule has 0 aliphatic carbocycles. The van der Waals surface area contributed by atoms with Crippen LogP contribution in [-0.4, -0.2) is 26.0 Å². The molecule has 0 unspecified atom stereocenters. The number of hydrogen-bond acceptors (Lipinski definition) is 3. The molecule has 0 spiro atoms. The molecule has 120 valence electrons. The molecule has 0 aromatic heterocycles. The Kier molecular flexibility index (Phi) is 7.37. The number of rotatable bonds is 10. The van der Waals surface area contributed by atoms with E-state index in [1.807, 2.05) is 13.8 Å². The SMILES string of the molecule is CCOC(CCCNCc1ccc2ccccc2c1)OCC. The van der Waals surface area contributed by atoms with Crippen molar-refractivity contribution in [2.24, 2.45) is 0 Å². The second kappa shape index (κ2) is 9.57. The van der Waals surface area contributed by atoms with Crippen LogP contribution in [0, 0.1) is 0 Å². The molecule has 0 aliphatic rings. The normalized spacial score (nSPS) is 11.4. The van der Waals surface area contributed by atoms with Gasteiger partial charge in [-0.15, -0.1) is 0 Å². The first kappa shape index (κ1) is 16.9. The number of benzene rings is 2. The fraction of sp³-hybridized carbons (Fsp3) is 0.474. The Morgan fingerprint density at radius 3 is 2.41 bits per heavy atom. The zero-order chi connectivity index (χ0) is 15.6. The topological polar surface area (TPSA) is 30.5 Å².